The van der Waals surface area contributed by atoms with Crippen LogP contribution < -0.4 is 5.73 Å². The van der Waals surface area contributed by atoms with E-state index < -0.39 is 0 Å². The summed E-state index contributed by atoms with van der Waals surface area (Å²) in [5.41, 5.74) is 5.69. The van der Waals surface area contributed by atoms with E-state index in [4.69, 9.17) is 5.73 Å². The van der Waals surface area contributed by atoms with E-state index in [-0.39, 0.29) is 0 Å². The lowest BCUT2D eigenvalue weighted by Crippen LogP contribution is -2.28. The third kappa shape index (κ3) is 3.86. The van der Waals surface area contributed by atoms with Crippen LogP contribution >= 0.6 is 0 Å². The van der Waals surface area contributed by atoms with Crippen LogP contribution in [0, 0.1) is 5.92 Å². The van der Waals surface area contributed by atoms with E-state index in [0.717, 1.165) is 25.7 Å². The molecule has 72 valence electrons. The summed E-state index contributed by atoms with van der Waals surface area (Å²) >= 11 is 0. The topological polar surface area (TPSA) is 43.1 Å². The number of carbonyl (C=O) groups is 1. The lowest BCUT2D eigenvalue weighted by molar-refractivity contribution is -0.121. The van der Waals surface area contributed by atoms with Crippen molar-refractivity contribution in [3.05, 3.63) is 0 Å². The third-order valence-corrected chi connectivity index (χ3v) is 2.35. The standard InChI is InChI=1S/C8H15NO.C2H6/c1-6(10)7-2-4-8(9)5-3-7;1-2/h7-8H,2-5,9H2,1H3;1-2H3. The predicted molar refractivity (Wildman–Crippen MR) is 52.0 cm³/mol. The number of carbonyl (C=O) groups excluding carboxylic acids is 1. The molecule has 0 spiro atoms. The quantitative estimate of drug-likeness (QED) is 0.656. The molecular formula is C10H21NO. The molecular weight excluding hydrogens is 150 g/mol. The van der Waals surface area contributed by atoms with Gasteiger partial charge in [-0.15, -0.1) is 0 Å². The Kier molecular flexibility index (Phi) is 5.99. The molecule has 0 aromatic carbocycles. The van der Waals surface area contributed by atoms with Crippen LogP contribution in [0.2, 0.25) is 0 Å². The molecule has 2 N–H and O–H groups in total. The molecule has 0 radical (unpaired) electrons. The Labute approximate surface area is 75.5 Å². The molecule has 0 atom stereocenters. The van der Waals surface area contributed by atoms with E-state index in [1.54, 1.807) is 6.92 Å². The highest BCUT2D eigenvalue weighted by Gasteiger charge is 2.21. The molecule has 1 aliphatic carbocycles. The molecule has 1 rings (SSSR count). The van der Waals surface area contributed by atoms with Crippen molar-refractivity contribution < 1.29 is 4.79 Å². The average Bonchev–Trinajstić information content (AvgIpc) is 2.09. The SMILES string of the molecule is CC.CC(=O)C1CCC(N)CC1. The summed E-state index contributed by atoms with van der Waals surface area (Å²) in [4.78, 5) is 10.9. The van der Waals surface area contributed by atoms with Crippen molar-refractivity contribution in [1.82, 2.24) is 0 Å². The van der Waals surface area contributed by atoms with Crippen LogP contribution in [0.3, 0.4) is 0 Å². The lowest BCUT2D eigenvalue weighted by Gasteiger charge is -2.23. The Morgan fingerprint density at radius 3 is 1.92 bits per heavy atom. The van der Waals surface area contributed by atoms with Crippen LogP contribution in [0.15, 0.2) is 0 Å². The highest BCUT2D eigenvalue weighted by molar-refractivity contribution is 5.78. The van der Waals surface area contributed by atoms with Gasteiger partial charge >= 0.3 is 0 Å². The fraction of sp³-hybridized carbons (Fsp3) is 0.900. The van der Waals surface area contributed by atoms with E-state index in [1.807, 2.05) is 13.8 Å². The minimum atomic E-state index is 0.319. The van der Waals surface area contributed by atoms with Crippen LogP contribution in [0.4, 0.5) is 0 Å². The molecule has 2 nitrogen and oxygen atoms in total. The zero-order valence-electron chi connectivity index (χ0n) is 8.47. The summed E-state index contributed by atoms with van der Waals surface area (Å²) in [7, 11) is 0. The zero-order chi connectivity index (χ0) is 9.56. The molecule has 0 unspecified atom stereocenters. The van der Waals surface area contributed by atoms with Crippen LogP contribution in [-0.2, 0) is 4.79 Å². The largest absolute Gasteiger partial charge is 0.328 e. The molecule has 1 aliphatic rings. The zero-order valence-corrected chi connectivity index (χ0v) is 8.47. The smallest absolute Gasteiger partial charge is 0.132 e. The van der Waals surface area contributed by atoms with E-state index in [9.17, 15) is 4.79 Å². The predicted octanol–water partition coefficient (Wildman–Crippen LogP) is 2.12. The molecule has 0 aromatic heterocycles. The molecule has 0 aromatic rings. The van der Waals surface area contributed by atoms with Crippen LogP contribution in [0.5, 0.6) is 0 Å². The van der Waals surface area contributed by atoms with Crippen molar-refractivity contribution >= 4 is 5.78 Å². The maximum Gasteiger partial charge on any atom is 0.132 e. The van der Waals surface area contributed by atoms with Crippen molar-refractivity contribution in [3.8, 4) is 0 Å². The number of rotatable bonds is 1. The first-order chi connectivity index (χ1) is 5.70. The van der Waals surface area contributed by atoms with Crippen LogP contribution in [0.25, 0.3) is 0 Å². The van der Waals surface area contributed by atoms with Gasteiger partial charge in [-0.1, -0.05) is 13.8 Å². The monoisotopic (exact) mass is 171 g/mol. The minimum absolute atomic E-state index is 0.319. The summed E-state index contributed by atoms with van der Waals surface area (Å²) in [6.45, 7) is 5.68. The van der Waals surface area contributed by atoms with Crippen molar-refractivity contribution in [3.63, 3.8) is 0 Å². The molecule has 0 saturated heterocycles. The maximum absolute atomic E-state index is 10.9. The summed E-state index contributed by atoms with van der Waals surface area (Å²) in [6, 6.07) is 0.357. The van der Waals surface area contributed by atoms with Gasteiger partial charge < -0.3 is 5.73 Å². The van der Waals surface area contributed by atoms with E-state index in [2.05, 4.69) is 0 Å². The normalized spacial score (nSPS) is 28.7. The van der Waals surface area contributed by atoms with Gasteiger partial charge in [-0.05, 0) is 32.6 Å². The van der Waals surface area contributed by atoms with Gasteiger partial charge in [0, 0.05) is 12.0 Å². The third-order valence-electron chi connectivity index (χ3n) is 2.35. The second kappa shape index (κ2) is 6.18. The van der Waals surface area contributed by atoms with E-state index in [1.165, 1.54) is 0 Å². The number of hydrogen-bond acceptors (Lipinski definition) is 2. The van der Waals surface area contributed by atoms with Crippen LogP contribution in [-0.4, -0.2) is 11.8 Å². The van der Waals surface area contributed by atoms with Crippen molar-refractivity contribution in [1.29, 1.82) is 0 Å². The molecule has 1 fully saturated rings. The highest BCUT2D eigenvalue weighted by atomic mass is 16.1. The van der Waals surface area contributed by atoms with Crippen LogP contribution in [0.1, 0.15) is 46.5 Å². The molecule has 0 heterocycles. The van der Waals surface area contributed by atoms with Gasteiger partial charge in [-0.2, -0.15) is 0 Å². The molecule has 1 saturated carbocycles. The number of hydrogen-bond donors (Lipinski definition) is 1. The fourth-order valence-electron chi connectivity index (χ4n) is 1.53. The molecule has 2 heteroatoms. The summed E-state index contributed by atoms with van der Waals surface area (Å²) in [5.74, 6) is 0.659. The first-order valence-electron chi connectivity index (χ1n) is 4.96. The van der Waals surface area contributed by atoms with Crippen molar-refractivity contribution in [2.75, 3.05) is 0 Å². The molecule has 12 heavy (non-hydrogen) atoms. The van der Waals surface area contributed by atoms with Gasteiger partial charge in [-0.3, -0.25) is 4.79 Å². The lowest BCUT2D eigenvalue weighted by atomic mass is 9.84. The van der Waals surface area contributed by atoms with E-state index in [0.29, 0.717) is 17.7 Å². The Balaban J connectivity index is 0.000000561. The summed E-state index contributed by atoms with van der Waals surface area (Å²) in [6.07, 6.45) is 4.08. The average molecular weight is 171 g/mol. The fourth-order valence-corrected chi connectivity index (χ4v) is 1.53. The number of ketones is 1. The molecule has 0 aliphatic heterocycles. The minimum Gasteiger partial charge on any atom is -0.328 e. The maximum atomic E-state index is 10.9. The first kappa shape index (κ1) is 11.6. The Morgan fingerprint density at radius 2 is 1.58 bits per heavy atom. The van der Waals surface area contributed by atoms with Crippen molar-refractivity contribution in [2.45, 2.75) is 52.5 Å². The van der Waals surface area contributed by atoms with Gasteiger partial charge in [0.15, 0.2) is 0 Å². The summed E-state index contributed by atoms with van der Waals surface area (Å²) in [5, 5.41) is 0. The van der Waals surface area contributed by atoms with E-state index >= 15 is 0 Å². The molecule has 0 amide bonds. The number of Topliss-reactive ketones (excluding diaryl/α,β-unsaturated/α-hetero) is 1. The van der Waals surface area contributed by atoms with Gasteiger partial charge in [0.1, 0.15) is 5.78 Å². The Morgan fingerprint density at radius 1 is 1.17 bits per heavy atom. The first-order valence-corrected chi connectivity index (χ1v) is 4.96. The summed E-state index contributed by atoms with van der Waals surface area (Å²) < 4.78 is 0. The Bertz CT molecular complexity index is 126. The van der Waals surface area contributed by atoms with Gasteiger partial charge in [0.05, 0.1) is 0 Å². The number of nitrogens with two attached hydrogens (primary N) is 1. The second-order valence-corrected chi connectivity index (χ2v) is 3.22. The van der Waals surface area contributed by atoms with Crippen molar-refractivity contribution in [2.24, 2.45) is 11.7 Å². The second-order valence-electron chi connectivity index (χ2n) is 3.22. The van der Waals surface area contributed by atoms with Gasteiger partial charge in [0.2, 0.25) is 0 Å². The molecule has 0 bridgehead atoms. The van der Waals surface area contributed by atoms with Gasteiger partial charge in [-0.25, -0.2) is 0 Å². The highest BCUT2D eigenvalue weighted by Crippen LogP contribution is 2.23. The van der Waals surface area contributed by atoms with Gasteiger partial charge in [0.25, 0.3) is 0 Å². The Hall–Kier alpha value is -0.370.